The molecule has 0 fully saturated rings. The second-order valence-electron chi connectivity index (χ2n) is 1.68. The van der Waals surface area contributed by atoms with E-state index in [4.69, 9.17) is 17.3 Å². The minimum Gasteiger partial charge on any atom is -0.316 e. The van der Waals surface area contributed by atoms with Crippen molar-refractivity contribution in [3.63, 3.8) is 0 Å². The number of halogens is 2. The molecule has 0 aromatic carbocycles. The first-order chi connectivity index (χ1) is 3.65. The van der Waals surface area contributed by atoms with Gasteiger partial charge in [0.05, 0.1) is 5.50 Å². The van der Waals surface area contributed by atoms with Gasteiger partial charge in [0.2, 0.25) is 0 Å². The Morgan fingerprint density at radius 3 is 1.44 bits per heavy atom. The van der Waals surface area contributed by atoms with Gasteiger partial charge in [0.1, 0.15) is 0 Å². The van der Waals surface area contributed by atoms with Crippen LogP contribution in [0, 0.1) is 0 Å². The van der Waals surface area contributed by atoms with Crippen LogP contribution in [0.15, 0.2) is 0 Å². The molecule has 9 heavy (non-hydrogen) atoms. The maximum absolute atomic E-state index is 5.05. The zero-order valence-corrected chi connectivity index (χ0v) is 7.93. The summed E-state index contributed by atoms with van der Waals surface area (Å²) in [6, 6.07) is 0. The summed E-state index contributed by atoms with van der Waals surface area (Å²) >= 11 is 5.05. The van der Waals surface area contributed by atoms with E-state index >= 15 is 0 Å². The van der Waals surface area contributed by atoms with Gasteiger partial charge in [-0.25, -0.2) is 0 Å². The summed E-state index contributed by atoms with van der Waals surface area (Å²) in [6.45, 7) is 6.07. The van der Waals surface area contributed by atoms with E-state index in [0.29, 0.717) is 0 Å². The lowest BCUT2D eigenvalue weighted by Crippen LogP contribution is -2.03. The molecular weight excluding hydrogens is 157 g/mol. The molecule has 0 radical (unpaired) electrons. The molecule has 0 amide bonds. The SMILES string of the molecule is CC(N)Cl.CCCC.Cl. The highest BCUT2D eigenvalue weighted by Gasteiger charge is 1.70. The van der Waals surface area contributed by atoms with Gasteiger partial charge >= 0.3 is 0 Å². The van der Waals surface area contributed by atoms with Gasteiger partial charge in [-0.15, -0.1) is 24.0 Å². The Balaban J connectivity index is -0.0000000720. The molecule has 2 N–H and O–H groups in total. The van der Waals surface area contributed by atoms with Crippen molar-refractivity contribution in [3.05, 3.63) is 0 Å². The fourth-order valence-corrected chi connectivity index (χ4v) is 0. The van der Waals surface area contributed by atoms with E-state index < -0.39 is 0 Å². The van der Waals surface area contributed by atoms with Gasteiger partial charge < -0.3 is 5.73 Å². The van der Waals surface area contributed by atoms with Crippen molar-refractivity contribution >= 4 is 24.0 Å². The standard InChI is InChI=1S/C4H10.C2H6ClN.ClH/c1-3-4-2;1-2(3)4;/h3-4H2,1-2H3;2H,4H2,1H3;1H. The molecule has 3 heteroatoms. The monoisotopic (exact) mass is 173 g/mol. The maximum atomic E-state index is 5.05. The number of hydrogen-bond donors (Lipinski definition) is 1. The first-order valence-electron chi connectivity index (χ1n) is 3.04. The Labute approximate surface area is 69.4 Å². The van der Waals surface area contributed by atoms with E-state index in [0.717, 1.165) is 0 Å². The van der Waals surface area contributed by atoms with E-state index in [1.54, 1.807) is 6.92 Å². The summed E-state index contributed by atoms with van der Waals surface area (Å²) < 4.78 is 0. The van der Waals surface area contributed by atoms with Crippen molar-refractivity contribution in [3.8, 4) is 0 Å². The highest BCUT2D eigenvalue weighted by molar-refractivity contribution is 6.19. The molecule has 0 saturated heterocycles. The largest absolute Gasteiger partial charge is 0.316 e. The highest BCUT2D eigenvalue weighted by atomic mass is 35.5. The number of unbranched alkanes of at least 4 members (excludes halogenated alkanes) is 1. The fourth-order valence-electron chi connectivity index (χ4n) is 0. The third-order valence-corrected chi connectivity index (χ3v) is 0.500. The van der Waals surface area contributed by atoms with Crippen LogP contribution in [-0.4, -0.2) is 5.50 Å². The van der Waals surface area contributed by atoms with Crippen LogP contribution in [0.3, 0.4) is 0 Å². The minimum atomic E-state index is -0.194. The van der Waals surface area contributed by atoms with Gasteiger partial charge in [0.25, 0.3) is 0 Å². The molecule has 0 aliphatic carbocycles. The van der Waals surface area contributed by atoms with E-state index in [9.17, 15) is 0 Å². The number of hydrogen-bond acceptors (Lipinski definition) is 1. The van der Waals surface area contributed by atoms with Crippen molar-refractivity contribution < 1.29 is 0 Å². The second kappa shape index (κ2) is 15.8. The van der Waals surface area contributed by atoms with Crippen LogP contribution < -0.4 is 5.73 Å². The Morgan fingerprint density at radius 1 is 1.33 bits per heavy atom. The van der Waals surface area contributed by atoms with Crippen molar-refractivity contribution in [2.45, 2.75) is 39.1 Å². The van der Waals surface area contributed by atoms with Gasteiger partial charge in [0, 0.05) is 0 Å². The maximum Gasteiger partial charge on any atom is 0.0771 e. The molecule has 1 unspecified atom stereocenters. The number of alkyl halides is 1. The van der Waals surface area contributed by atoms with Gasteiger partial charge in [-0.3, -0.25) is 0 Å². The lowest BCUT2D eigenvalue weighted by Gasteiger charge is -1.78. The van der Waals surface area contributed by atoms with E-state index in [1.807, 2.05) is 0 Å². The summed E-state index contributed by atoms with van der Waals surface area (Å²) in [5.74, 6) is 0. The van der Waals surface area contributed by atoms with Crippen LogP contribution in [0.4, 0.5) is 0 Å². The predicted molar refractivity (Wildman–Crippen MR) is 47.3 cm³/mol. The summed E-state index contributed by atoms with van der Waals surface area (Å²) in [5, 5.41) is 0. The average Bonchev–Trinajstić information content (AvgIpc) is 1.65. The first kappa shape index (κ1) is 16.3. The zero-order valence-electron chi connectivity index (χ0n) is 6.36. The third kappa shape index (κ3) is 154. The summed E-state index contributed by atoms with van der Waals surface area (Å²) in [5.41, 5.74) is 4.68. The first-order valence-corrected chi connectivity index (χ1v) is 3.48. The molecule has 0 heterocycles. The molecule has 0 aliphatic heterocycles. The Hall–Kier alpha value is 0.540. The van der Waals surface area contributed by atoms with Crippen LogP contribution in [0.1, 0.15) is 33.6 Å². The Bertz CT molecular complexity index is 27.5. The lowest BCUT2D eigenvalue weighted by atomic mass is 10.4. The lowest BCUT2D eigenvalue weighted by molar-refractivity contribution is 0.886. The predicted octanol–water partition coefficient (Wildman–Crippen LogP) is 2.76. The second-order valence-corrected chi connectivity index (χ2v) is 2.37. The van der Waals surface area contributed by atoms with Crippen LogP contribution >= 0.6 is 24.0 Å². The quantitative estimate of drug-likeness (QED) is 0.480. The molecule has 1 atom stereocenters. The summed E-state index contributed by atoms with van der Waals surface area (Å²) in [7, 11) is 0. The molecule has 0 aliphatic rings. The smallest absolute Gasteiger partial charge is 0.0771 e. The van der Waals surface area contributed by atoms with Crippen LogP contribution in [-0.2, 0) is 0 Å². The molecule has 0 saturated carbocycles. The third-order valence-electron chi connectivity index (χ3n) is 0.500. The van der Waals surface area contributed by atoms with Crippen molar-refractivity contribution in [1.29, 1.82) is 0 Å². The van der Waals surface area contributed by atoms with Gasteiger partial charge in [-0.05, 0) is 6.92 Å². The normalized spacial score (nSPS) is 10.3. The topological polar surface area (TPSA) is 26.0 Å². The Kier molecular flexibility index (Phi) is 28.6. The van der Waals surface area contributed by atoms with Crippen LogP contribution in [0.25, 0.3) is 0 Å². The molecular formula is C6H17Cl2N. The van der Waals surface area contributed by atoms with Crippen LogP contribution in [0.2, 0.25) is 0 Å². The van der Waals surface area contributed by atoms with Gasteiger partial charge in [0.15, 0.2) is 0 Å². The highest BCUT2D eigenvalue weighted by Crippen LogP contribution is 1.76. The molecule has 0 spiro atoms. The summed E-state index contributed by atoms with van der Waals surface area (Å²) in [6.07, 6.45) is 2.64. The van der Waals surface area contributed by atoms with E-state index in [1.165, 1.54) is 12.8 Å². The van der Waals surface area contributed by atoms with E-state index in [-0.39, 0.29) is 17.9 Å². The van der Waals surface area contributed by atoms with Crippen molar-refractivity contribution in [2.24, 2.45) is 5.73 Å². The molecule has 0 bridgehead atoms. The van der Waals surface area contributed by atoms with Crippen LogP contribution in [0.5, 0.6) is 0 Å². The average molecular weight is 174 g/mol. The van der Waals surface area contributed by atoms with Crippen molar-refractivity contribution in [2.75, 3.05) is 0 Å². The molecule has 60 valence electrons. The Morgan fingerprint density at radius 2 is 1.44 bits per heavy atom. The van der Waals surface area contributed by atoms with Crippen molar-refractivity contribution in [1.82, 2.24) is 0 Å². The minimum absolute atomic E-state index is 0. The van der Waals surface area contributed by atoms with E-state index in [2.05, 4.69) is 13.8 Å². The molecule has 0 rings (SSSR count). The van der Waals surface area contributed by atoms with Gasteiger partial charge in [-0.2, -0.15) is 0 Å². The fraction of sp³-hybridized carbons (Fsp3) is 1.00. The number of rotatable bonds is 1. The van der Waals surface area contributed by atoms with Gasteiger partial charge in [-0.1, -0.05) is 26.7 Å². The molecule has 0 aromatic rings. The zero-order chi connectivity index (χ0) is 6.99. The molecule has 0 aromatic heterocycles. The molecule has 1 nitrogen and oxygen atoms in total. The number of nitrogens with two attached hydrogens (primary N) is 1. The summed E-state index contributed by atoms with van der Waals surface area (Å²) in [4.78, 5) is 0.